The lowest BCUT2D eigenvalue weighted by molar-refractivity contribution is -0.0467. The minimum Gasteiger partial charge on any atom is -0.508 e. The Kier molecular flexibility index (Phi) is 4.64. The van der Waals surface area contributed by atoms with Crippen LogP contribution in [0.15, 0.2) is 24.3 Å². The van der Waals surface area contributed by atoms with Gasteiger partial charge in [-0.2, -0.15) is 0 Å². The van der Waals surface area contributed by atoms with Crippen LogP contribution < -0.4 is 5.32 Å². The number of morpholine rings is 1. The minimum absolute atomic E-state index is 0.0910. The van der Waals surface area contributed by atoms with Gasteiger partial charge in [0, 0.05) is 12.1 Å². The van der Waals surface area contributed by atoms with Crippen molar-refractivity contribution < 1.29 is 24.5 Å². The van der Waals surface area contributed by atoms with Crippen LogP contribution in [0.1, 0.15) is 17.3 Å². The van der Waals surface area contributed by atoms with Gasteiger partial charge in [-0.05, 0) is 31.2 Å². The van der Waals surface area contributed by atoms with Crippen molar-refractivity contribution in [2.45, 2.75) is 19.1 Å². The van der Waals surface area contributed by atoms with Crippen LogP contribution in [-0.2, 0) is 4.74 Å². The molecule has 1 saturated heterocycles. The van der Waals surface area contributed by atoms with Gasteiger partial charge in [0.2, 0.25) is 0 Å². The number of aromatic hydroxyl groups is 1. The lowest BCUT2D eigenvalue weighted by Gasteiger charge is -2.36. The molecule has 0 spiro atoms. The van der Waals surface area contributed by atoms with Gasteiger partial charge in [0.1, 0.15) is 5.75 Å². The maximum absolute atomic E-state index is 11.9. The number of phenolic OH excluding ortho intramolecular Hbond substituents is 1. The van der Waals surface area contributed by atoms with Crippen LogP contribution in [0, 0.1) is 0 Å². The van der Waals surface area contributed by atoms with Crippen molar-refractivity contribution in [2.75, 3.05) is 19.7 Å². The van der Waals surface area contributed by atoms with Gasteiger partial charge in [0.05, 0.1) is 25.3 Å². The third-order valence-electron chi connectivity index (χ3n) is 3.37. The van der Waals surface area contributed by atoms with E-state index in [2.05, 4.69) is 5.32 Å². The largest absolute Gasteiger partial charge is 0.508 e. The number of hydrogen-bond acceptors (Lipinski definition) is 4. The fourth-order valence-corrected chi connectivity index (χ4v) is 2.13. The zero-order valence-corrected chi connectivity index (χ0v) is 11.7. The molecule has 0 radical (unpaired) electrons. The second kappa shape index (κ2) is 6.45. The van der Waals surface area contributed by atoms with Gasteiger partial charge in [-0.25, -0.2) is 4.79 Å². The molecule has 0 bridgehead atoms. The SMILES string of the molecule is CC1COC(CNC(=O)c2ccc(O)cc2)CN1C(=O)O. The highest BCUT2D eigenvalue weighted by molar-refractivity contribution is 5.94. The first kappa shape index (κ1) is 15.1. The summed E-state index contributed by atoms with van der Waals surface area (Å²) in [4.78, 5) is 24.3. The van der Waals surface area contributed by atoms with E-state index in [0.29, 0.717) is 12.2 Å². The third kappa shape index (κ3) is 3.85. The van der Waals surface area contributed by atoms with Gasteiger partial charge in [0.25, 0.3) is 5.91 Å². The Morgan fingerprint density at radius 3 is 2.67 bits per heavy atom. The normalized spacial score (nSPS) is 21.9. The van der Waals surface area contributed by atoms with Crippen molar-refractivity contribution in [3.8, 4) is 5.75 Å². The molecule has 2 atom stereocenters. The molecule has 2 rings (SSSR count). The van der Waals surface area contributed by atoms with Crippen molar-refractivity contribution in [3.63, 3.8) is 0 Å². The van der Waals surface area contributed by atoms with E-state index in [1.807, 2.05) is 0 Å². The Morgan fingerprint density at radius 1 is 1.38 bits per heavy atom. The maximum atomic E-state index is 11.9. The number of carbonyl (C=O) groups excluding carboxylic acids is 1. The summed E-state index contributed by atoms with van der Waals surface area (Å²) in [6, 6.07) is 5.70. The minimum atomic E-state index is -0.985. The molecule has 1 aromatic rings. The van der Waals surface area contributed by atoms with E-state index in [0.717, 1.165) is 0 Å². The summed E-state index contributed by atoms with van der Waals surface area (Å²) >= 11 is 0. The fraction of sp³-hybridized carbons (Fsp3) is 0.429. The average molecular weight is 294 g/mol. The van der Waals surface area contributed by atoms with Crippen molar-refractivity contribution in [3.05, 3.63) is 29.8 Å². The van der Waals surface area contributed by atoms with Crippen LogP contribution in [0.3, 0.4) is 0 Å². The Balaban J connectivity index is 1.86. The number of nitrogens with one attached hydrogen (secondary N) is 1. The highest BCUT2D eigenvalue weighted by atomic mass is 16.5. The van der Waals surface area contributed by atoms with Gasteiger partial charge in [0.15, 0.2) is 0 Å². The number of carboxylic acid groups (broad SMARTS) is 1. The fourth-order valence-electron chi connectivity index (χ4n) is 2.13. The summed E-state index contributed by atoms with van der Waals surface area (Å²) in [7, 11) is 0. The lowest BCUT2D eigenvalue weighted by atomic mass is 10.2. The number of hydrogen-bond donors (Lipinski definition) is 3. The van der Waals surface area contributed by atoms with E-state index in [4.69, 9.17) is 14.9 Å². The van der Waals surface area contributed by atoms with Gasteiger partial charge in [-0.1, -0.05) is 0 Å². The highest BCUT2D eigenvalue weighted by Crippen LogP contribution is 2.12. The molecule has 2 amide bonds. The molecule has 114 valence electrons. The van der Waals surface area contributed by atoms with E-state index in [9.17, 15) is 9.59 Å². The summed E-state index contributed by atoms with van der Waals surface area (Å²) in [5.74, 6) is -0.202. The van der Waals surface area contributed by atoms with Crippen molar-refractivity contribution >= 4 is 12.0 Å². The summed E-state index contributed by atoms with van der Waals surface area (Å²) in [5.41, 5.74) is 0.423. The Bertz CT molecular complexity index is 517. The average Bonchev–Trinajstić information content (AvgIpc) is 2.46. The number of carbonyl (C=O) groups is 2. The van der Waals surface area contributed by atoms with Crippen molar-refractivity contribution in [1.29, 1.82) is 0 Å². The number of nitrogens with zero attached hydrogens (tertiary/aromatic N) is 1. The topological polar surface area (TPSA) is 99.1 Å². The zero-order chi connectivity index (χ0) is 15.4. The summed E-state index contributed by atoms with van der Waals surface area (Å²) < 4.78 is 5.52. The van der Waals surface area contributed by atoms with Crippen LogP contribution in [0.5, 0.6) is 5.75 Å². The molecule has 1 aliphatic heterocycles. The summed E-state index contributed by atoms with van der Waals surface area (Å²) in [6.45, 7) is 2.55. The number of benzene rings is 1. The molecule has 7 heteroatoms. The van der Waals surface area contributed by atoms with E-state index in [1.54, 1.807) is 6.92 Å². The smallest absolute Gasteiger partial charge is 0.407 e. The predicted octanol–water partition coefficient (Wildman–Crippen LogP) is 0.889. The molecule has 0 aliphatic carbocycles. The molecule has 21 heavy (non-hydrogen) atoms. The Morgan fingerprint density at radius 2 is 2.05 bits per heavy atom. The molecule has 0 saturated carbocycles. The van der Waals surface area contributed by atoms with Crippen LogP contribution in [0.4, 0.5) is 4.79 Å². The number of ether oxygens (including phenoxy) is 1. The third-order valence-corrected chi connectivity index (χ3v) is 3.37. The van der Waals surface area contributed by atoms with Crippen LogP contribution in [0.2, 0.25) is 0 Å². The maximum Gasteiger partial charge on any atom is 0.407 e. The lowest BCUT2D eigenvalue weighted by Crippen LogP contribution is -2.53. The molecule has 1 aromatic carbocycles. The van der Waals surface area contributed by atoms with Crippen LogP contribution in [0.25, 0.3) is 0 Å². The number of amides is 2. The van der Waals surface area contributed by atoms with E-state index in [-0.39, 0.29) is 36.9 Å². The molecular formula is C14H18N2O5. The van der Waals surface area contributed by atoms with Crippen LogP contribution >= 0.6 is 0 Å². The van der Waals surface area contributed by atoms with Gasteiger partial charge < -0.3 is 25.2 Å². The summed E-state index contributed by atoms with van der Waals surface area (Å²) in [5, 5.41) is 20.9. The molecule has 3 N–H and O–H groups in total. The molecule has 7 nitrogen and oxygen atoms in total. The van der Waals surface area contributed by atoms with Gasteiger partial charge >= 0.3 is 6.09 Å². The first-order chi connectivity index (χ1) is 9.97. The van der Waals surface area contributed by atoms with Gasteiger partial charge in [-0.15, -0.1) is 0 Å². The number of phenols is 1. The summed E-state index contributed by atoms with van der Waals surface area (Å²) in [6.07, 6.45) is -1.35. The Hall–Kier alpha value is -2.28. The van der Waals surface area contributed by atoms with E-state index < -0.39 is 6.09 Å². The first-order valence-electron chi connectivity index (χ1n) is 6.65. The molecular weight excluding hydrogens is 276 g/mol. The van der Waals surface area contributed by atoms with Crippen molar-refractivity contribution in [1.82, 2.24) is 10.2 Å². The highest BCUT2D eigenvalue weighted by Gasteiger charge is 2.29. The van der Waals surface area contributed by atoms with Crippen molar-refractivity contribution in [2.24, 2.45) is 0 Å². The zero-order valence-electron chi connectivity index (χ0n) is 11.7. The standard InChI is InChI=1S/C14H18N2O5/c1-9-8-21-12(7-16(9)14(19)20)6-15-13(18)10-2-4-11(17)5-3-10/h2-5,9,12,17H,6-8H2,1H3,(H,15,18)(H,19,20). The second-order valence-electron chi connectivity index (χ2n) is 5.00. The van der Waals surface area contributed by atoms with E-state index in [1.165, 1.54) is 29.2 Å². The van der Waals surface area contributed by atoms with Crippen LogP contribution in [-0.4, -0.2) is 59.0 Å². The predicted molar refractivity (Wildman–Crippen MR) is 74.4 cm³/mol. The van der Waals surface area contributed by atoms with Gasteiger partial charge in [-0.3, -0.25) is 4.79 Å². The number of rotatable bonds is 3. The molecule has 1 fully saturated rings. The molecule has 1 heterocycles. The molecule has 0 aromatic heterocycles. The Labute approximate surface area is 122 Å². The second-order valence-corrected chi connectivity index (χ2v) is 5.00. The quantitative estimate of drug-likeness (QED) is 0.769. The van der Waals surface area contributed by atoms with E-state index >= 15 is 0 Å². The molecule has 2 unspecified atom stereocenters. The monoisotopic (exact) mass is 294 g/mol. The first-order valence-corrected chi connectivity index (χ1v) is 6.65. The molecule has 1 aliphatic rings.